The van der Waals surface area contributed by atoms with Crippen LogP contribution in [-0.4, -0.2) is 5.11 Å². The fourth-order valence-electron chi connectivity index (χ4n) is 1.80. The van der Waals surface area contributed by atoms with E-state index in [0.29, 0.717) is 5.92 Å². The van der Waals surface area contributed by atoms with Crippen molar-refractivity contribution in [2.75, 3.05) is 0 Å². The normalized spacial score (nSPS) is 17.7. The van der Waals surface area contributed by atoms with Gasteiger partial charge in [0.1, 0.15) is 5.75 Å². The summed E-state index contributed by atoms with van der Waals surface area (Å²) in [7, 11) is 0. The molecule has 0 radical (unpaired) electrons. The second-order valence-electron chi connectivity index (χ2n) is 3.93. The maximum atomic E-state index is 9.35. The number of halogens is 2. The Kier molecular flexibility index (Phi) is 4.44. The van der Waals surface area contributed by atoms with Crippen molar-refractivity contribution >= 4 is 28.3 Å². The average molecular weight is 293 g/mol. The minimum absolute atomic E-state index is 0. The first-order valence-electron chi connectivity index (χ1n) is 4.92. The van der Waals surface area contributed by atoms with Crippen molar-refractivity contribution in [2.45, 2.75) is 25.3 Å². The van der Waals surface area contributed by atoms with Crippen molar-refractivity contribution in [1.29, 1.82) is 0 Å². The van der Waals surface area contributed by atoms with Crippen LogP contribution in [0.5, 0.6) is 5.75 Å². The van der Waals surface area contributed by atoms with Gasteiger partial charge in [0.2, 0.25) is 0 Å². The number of phenols is 1. The molecule has 15 heavy (non-hydrogen) atoms. The predicted molar refractivity (Wildman–Crippen MR) is 67.3 cm³/mol. The van der Waals surface area contributed by atoms with E-state index < -0.39 is 0 Å². The third-order valence-electron chi connectivity index (χ3n) is 3.01. The number of aromatic hydroxyl groups is 1. The van der Waals surface area contributed by atoms with Gasteiger partial charge in [0.05, 0.1) is 4.47 Å². The Bertz CT molecular complexity index is 341. The van der Waals surface area contributed by atoms with E-state index in [1.165, 1.54) is 19.3 Å². The highest BCUT2D eigenvalue weighted by Crippen LogP contribution is 2.37. The molecular weight excluding hydrogens is 277 g/mol. The molecule has 0 aliphatic heterocycles. The molecule has 1 aromatic rings. The molecule has 1 aliphatic rings. The first-order chi connectivity index (χ1) is 6.68. The number of hydrogen-bond donors (Lipinski definition) is 2. The lowest BCUT2D eigenvalue weighted by molar-refractivity contribution is 0.264. The van der Waals surface area contributed by atoms with Crippen molar-refractivity contribution in [2.24, 2.45) is 11.7 Å². The first-order valence-corrected chi connectivity index (χ1v) is 5.72. The fraction of sp³-hybridized carbons (Fsp3) is 0.455. The van der Waals surface area contributed by atoms with Crippen LogP contribution in [0.1, 0.15) is 30.9 Å². The number of rotatable bonds is 2. The van der Waals surface area contributed by atoms with Gasteiger partial charge in [0.25, 0.3) is 0 Å². The molecule has 4 heteroatoms. The van der Waals surface area contributed by atoms with Crippen LogP contribution in [0, 0.1) is 5.92 Å². The SMILES string of the molecule is Cl.N[C@H](c1ccc(O)c(Br)c1)C1CCC1. The van der Waals surface area contributed by atoms with Gasteiger partial charge >= 0.3 is 0 Å². The molecule has 0 spiro atoms. The molecule has 1 aliphatic carbocycles. The summed E-state index contributed by atoms with van der Waals surface area (Å²) in [4.78, 5) is 0. The van der Waals surface area contributed by atoms with E-state index in [1.54, 1.807) is 6.07 Å². The summed E-state index contributed by atoms with van der Waals surface area (Å²) in [5, 5.41) is 9.35. The molecule has 2 rings (SSSR count). The summed E-state index contributed by atoms with van der Waals surface area (Å²) in [6.45, 7) is 0. The molecule has 1 atom stereocenters. The summed E-state index contributed by atoms with van der Waals surface area (Å²) in [6.07, 6.45) is 3.77. The fourth-order valence-corrected chi connectivity index (χ4v) is 2.20. The second-order valence-corrected chi connectivity index (χ2v) is 4.78. The highest BCUT2D eigenvalue weighted by molar-refractivity contribution is 9.10. The zero-order valence-corrected chi connectivity index (χ0v) is 10.7. The standard InChI is InChI=1S/C11H14BrNO.ClH/c12-9-6-8(4-5-10(9)14)11(13)7-2-1-3-7;/h4-7,11,14H,1-3,13H2;1H/t11-;/m0./s1. The van der Waals surface area contributed by atoms with Crippen LogP contribution < -0.4 is 5.73 Å². The van der Waals surface area contributed by atoms with Crippen molar-refractivity contribution in [3.63, 3.8) is 0 Å². The van der Waals surface area contributed by atoms with Crippen molar-refractivity contribution in [3.8, 4) is 5.75 Å². The quantitative estimate of drug-likeness (QED) is 0.878. The van der Waals surface area contributed by atoms with Crippen LogP contribution in [0.15, 0.2) is 22.7 Å². The molecule has 0 unspecified atom stereocenters. The van der Waals surface area contributed by atoms with E-state index in [-0.39, 0.29) is 24.2 Å². The highest BCUT2D eigenvalue weighted by Gasteiger charge is 2.25. The van der Waals surface area contributed by atoms with Gasteiger partial charge in [-0.1, -0.05) is 12.5 Å². The maximum Gasteiger partial charge on any atom is 0.129 e. The minimum atomic E-state index is 0. The van der Waals surface area contributed by atoms with Crippen LogP contribution in [-0.2, 0) is 0 Å². The highest BCUT2D eigenvalue weighted by atomic mass is 79.9. The number of benzene rings is 1. The molecule has 1 aromatic carbocycles. The van der Waals surface area contributed by atoms with Crippen LogP contribution in [0.25, 0.3) is 0 Å². The smallest absolute Gasteiger partial charge is 0.129 e. The average Bonchev–Trinajstić information content (AvgIpc) is 2.06. The van der Waals surface area contributed by atoms with Gasteiger partial charge in [-0.2, -0.15) is 0 Å². The van der Waals surface area contributed by atoms with Gasteiger partial charge in [0.15, 0.2) is 0 Å². The Morgan fingerprint density at radius 3 is 2.53 bits per heavy atom. The van der Waals surface area contributed by atoms with Crippen LogP contribution in [0.4, 0.5) is 0 Å². The van der Waals surface area contributed by atoms with E-state index in [9.17, 15) is 5.11 Å². The molecular formula is C11H15BrClNO. The Morgan fingerprint density at radius 1 is 1.40 bits per heavy atom. The molecule has 0 aromatic heterocycles. The molecule has 0 bridgehead atoms. The lowest BCUT2D eigenvalue weighted by Crippen LogP contribution is -2.26. The van der Waals surface area contributed by atoms with Gasteiger partial charge in [-0.3, -0.25) is 0 Å². The maximum absolute atomic E-state index is 9.35. The third kappa shape index (κ3) is 2.65. The summed E-state index contributed by atoms with van der Waals surface area (Å²) < 4.78 is 0.727. The largest absolute Gasteiger partial charge is 0.507 e. The minimum Gasteiger partial charge on any atom is -0.507 e. The molecule has 84 valence electrons. The Labute approximate surface area is 104 Å². The van der Waals surface area contributed by atoms with Crippen LogP contribution in [0.2, 0.25) is 0 Å². The van der Waals surface area contributed by atoms with Crippen molar-refractivity contribution < 1.29 is 5.11 Å². The summed E-state index contributed by atoms with van der Waals surface area (Å²) in [5.41, 5.74) is 7.23. The van der Waals surface area contributed by atoms with Crippen LogP contribution >= 0.6 is 28.3 Å². The zero-order valence-electron chi connectivity index (χ0n) is 8.32. The van der Waals surface area contributed by atoms with Crippen molar-refractivity contribution in [1.82, 2.24) is 0 Å². The van der Waals surface area contributed by atoms with E-state index in [1.807, 2.05) is 12.1 Å². The number of nitrogens with two attached hydrogens (primary N) is 1. The Morgan fingerprint density at radius 2 is 2.07 bits per heavy atom. The zero-order chi connectivity index (χ0) is 10.1. The van der Waals surface area contributed by atoms with Gasteiger partial charge in [-0.15, -0.1) is 12.4 Å². The van der Waals surface area contributed by atoms with Gasteiger partial charge in [-0.05, 0) is 52.4 Å². The molecule has 0 amide bonds. The van der Waals surface area contributed by atoms with E-state index in [0.717, 1.165) is 10.0 Å². The summed E-state index contributed by atoms with van der Waals surface area (Å²) in [5.74, 6) is 0.904. The monoisotopic (exact) mass is 291 g/mol. The third-order valence-corrected chi connectivity index (χ3v) is 3.65. The Balaban J connectivity index is 0.00000112. The number of phenolic OH excluding ortho intramolecular Hbond substituents is 1. The number of hydrogen-bond acceptors (Lipinski definition) is 2. The molecule has 0 saturated heterocycles. The van der Waals surface area contributed by atoms with E-state index in [2.05, 4.69) is 15.9 Å². The lowest BCUT2D eigenvalue weighted by Gasteiger charge is -2.31. The second kappa shape index (κ2) is 5.19. The Hall–Kier alpha value is -0.250. The first kappa shape index (κ1) is 12.8. The molecule has 1 fully saturated rings. The molecule has 3 N–H and O–H groups in total. The van der Waals surface area contributed by atoms with Crippen molar-refractivity contribution in [3.05, 3.63) is 28.2 Å². The molecule has 1 saturated carbocycles. The lowest BCUT2D eigenvalue weighted by atomic mass is 9.78. The summed E-state index contributed by atoms with van der Waals surface area (Å²) in [6, 6.07) is 5.64. The predicted octanol–water partition coefficient (Wildman–Crippen LogP) is 3.38. The molecule has 0 heterocycles. The van der Waals surface area contributed by atoms with Crippen LogP contribution in [0.3, 0.4) is 0 Å². The van der Waals surface area contributed by atoms with Gasteiger partial charge < -0.3 is 10.8 Å². The topological polar surface area (TPSA) is 46.2 Å². The summed E-state index contributed by atoms with van der Waals surface area (Å²) >= 11 is 3.30. The van der Waals surface area contributed by atoms with E-state index in [4.69, 9.17) is 5.73 Å². The molecule has 2 nitrogen and oxygen atoms in total. The van der Waals surface area contributed by atoms with Gasteiger partial charge in [-0.25, -0.2) is 0 Å². The van der Waals surface area contributed by atoms with Gasteiger partial charge in [0, 0.05) is 6.04 Å². The van der Waals surface area contributed by atoms with E-state index >= 15 is 0 Å².